The topological polar surface area (TPSA) is 83.8 Å². The van der Waals surface area contributed by atoms with Crippen molar-refractivity contribution in [2.45, 2.75) is 96.2 Å². The van der Waals surface area contributed by atoms with Gasteiger partial charge in [-0.1, -0.05) is 51.2 Å². The van der Waals surface area contributed by atoms with Gasteiger partial charge in [0.25, 0.3) is 0 Å². The second-order valence-corrected chi connectivity index (χ2v) is 8.18. The van der Waals surface area contributed by atoms with Gasteiger partial charge in [0.2, 0.25) is 0 Å². The largest absolute Gasteiger partial charge is 0.469 e. The van der Waals surface area contributed by atoms with E-state index in [9.17, 15) is 19.8 Å². The fourth-order valence-electron chi connectivity index (χ4n) is 3.82. The average molecular weight is 383 g/mol. The van der Waals surface area contributed by atoms with Crippen molar-refractivity contribution in [2.24, 2.45) is 11.8 Å². The molecule has 1 aliphatic rings. The zero-order chi connectivity index (χ0) is 20.3. The molecule has 0 saturated heterocycles. The highest BCUT2D eigenvalue weighted by Gasteiger charge is 2.39. The molecule has 1 aliphatic carbocycles. The Morgan fingerprint density at radius 2 is 1.96 bits per heavy atom. The number of ketones is 1. The molecule has 1 rings (SSSR count). The second-order valence-electron chi connectivity index (χ2n) is 8.18. The lowest BCUT2D eigenvalue weighted by molar-refractivity contribution is -0.140. The number of carbonyl (C=O) groups excluding carboxylic acids is 2. The number of carbonyl (C=O) groups is 2. The second kappa shape index (κ2) is 12.3. The van der Waals surface area contributed by atoms with Crippen molar-refractivity contribution in [1.29, 1.82) is 0 Å². The Morgan fingerprint density at radius 1 is 1.26 bits per heavy atom. The number of rotatable bonds is 13. The number of hydrogen-bond acceptors (Lipinski definition) is 5. The smallest absolute Gasteiger partial charge is 0.305 e. The Kier molecular flexibility index (Phi) is 10.9. The van der Waals surface area contributed by atoms with Crippen molar-refractivity contribution < 1.29 is 24.5 Å². The van der Waals surface area contributed by atoms with Crippen molar-refractivity contribution in [3.63, 3.8) is 0 Å². The van der Waals surface area contributed by atoms with E-state index in [2.05, 4.69) is 11.7 Å². The Bertz CT molecular complexity index is 483. The molecule has 4 atom stereocenters. The number of esters is 1. The normalized spacial score (nSPS) is 25.1. The molecular formula is C22H38O5. The maximum absolute atomic E-state index is 12.2. The van der Waals surface area contributed by atoms with Gasteiger partial charge in [-0.15, -0.1) is 0 Å². The predicted octanol–water partition coefficient (Wildman–Crippen LogP) is 3.95. The Morgan fingerprint density at radius 3 is 2.63 bits per heavy atom. The number of aliphatic hydroxyl groups is 2. The fourth-order valence-corrected chi connectivity index (χ4v) is 3.82. The Hall–Kier alpha value is -1.20. The first-order valence-electron chi connectivity index (χ1n) is 10.5. The summed E-state index contributed by atoms with van der Waals surface area (Å²) in [6, 6.07) is 0. The molecule has 0 amide bonds. The molecule has 5 heteroatoms. The van der Waals surface area contributed by atoms with Crippen LogP contribution in [0.15, 0.2) is 12.2 Å². The summed E-state index contributed by atoms with van der Waals surface area (Å²) < 4.78 is 4.62. The zero-order valence-corrected chi connectivity index (χ0v) is 17.3. The molecule has 0 spiro atoms. The van der Waals surface area contributed by atoms with E-state index < -0.39 is 11.7 Å². The summed E-state index contributed by atoms with van der Waals surface area (Å²) in [4.78, 5) is 23.3. The highest BCUT2D eigenvalue weighted by atomic mass is 16.5. The van der Waals surface area contributed by atoms with Crippen LogP contribution in [0.3, 0.4) is 0 Å². The van der Waals surface area contributed by atoms with Crippen LogP contribution in [0, 0.1) is 11.8 Å². The number of Topliss-reactive ketones (excluding diaryl/α,β-unsaturated/α-hetero) is 1. The Balaban J connectivity index is 2.42. The molecule has 27 heavy (non-hydrogen) atoms. The van der Waals surface area contributed by atoms with Gasteiger partial charge < -0.3 is 14.9 Å². The van der Waals surface area contributed by atoms with Crippen LogP contribution in [-0.4, -0.2) is 40.8 Å². The van der Waals surface area contributed by atoms with Crippen molar-refractivity contribution in [2.75, 3.05) is 7.11 Å². The summed E-state index contributed by atoms with van der Waals surface area (Å²) in [5, 5.41) is 20.6. The van der Waals surface area contributed by atoms with Crippen LogP contribution in [0.2, 0.25) is 0 Å². The summed E-state index contributed by atoms with van der Waals surface area (Å²) in [5.74, 6) is -0.305. The van der Waals surface area contributed by atoms with Crippen LogP contribution >= 0.6 is 0 Å². The van der Waals surface area contributed by atoms with Crippen LogP contribution < -0.4 is 0 Å². The highest BCUT2D eigenvalue weighted by Crippen LogP contribution is 2.34. The van der Waals surface area contributed by atoms with Gasteiger partial charge in [-0.05, 0) is 32.6 Å². The molecule has 1 fully saturated rings. The van der Waals surface area contributed by atoms with Crippen LogP contribution in [0.4, 0.5) is 0 Å². The van der Waals surface area contributed by atoms with Gasteiger partial charge in [0.15, 0.2) is 0 Å². The van der Waals surface area contributed by atoms with E-state index >= 15 is 0 Å². The average Bonchev–Trinajstić information content (AvgIpc) is 2.89. The van der Waals surface area contributed by atoms with E-state index in [4.69, 9.17) is 0 Å². The van der Waals surface area contributed by atoms with E-state index in [1.165, 1.54) is 7.11 Å². The number of ether oxygens (including phenoxy) is 1. The van der Waals surface area contributed by atoms with E-state index in [1.54, 1.807) is 0 Å². The molecule has 5 nitrogen and oxygen atoms in total. The van der Waals surface area contributed by atoms with E-state index in [0.29, 0.717) is 12.8 Å². The minimum absolute atomic E-state index is 0.127. The van der Waals surface area contributed by atoms with Crippen LogP contribution in [0.1, 0.15) is 84.5 Å². The third kappa shape index (κ3) is 9.02. The molecule has 0 heterocycles. The summed E-state index contributed by atoms with van der Waals surface area (Å²) in [6.07, 6.45) is 11.7. The van der Waals surface area contributed by atoms with Crippen molar-refractivity contribution in [3.8, 4) is 0 Å². The maximum Gasteiger partial charge on any atom is 0.305 e. The molecule has 2 N–H and O–H groups in total. The first-order chi connectivity index (χ1) is 12.8. The van der Waals surface area contributed by atoms with Crippen molar-refractivity contribution in [3.05, 3.63) is 12.2 Å². The van der Waals surface area contributed by atoms with E-state index in [0.717, 1.165) is 51.4 Å². The summed E-state index contributed by atoms with van der Waals surface area (Å²) >= 11 is 0. The van der Waals surface area contributed by atoms with Gasteiger partial charge >= 0.3 is 5.97 Å². The van der Waals surface area contributed by atoms with Crippen molar-refractivity contribution >= 4 is 11.8 Å². The third-order valence-electron chi connectivity index (χ3n) is 5.59. The zero-order valence-electron chi connectivity index (χ0n) is 17.3. The van der Waals surface area contributed by atoms with Gasteiger partial charge in [-0.2, -0.15) is 0 Å². The SMILES string of the molecule is CCCC[C@@](C)(O)C/C=C/[C@H]1[C@@H](O)CC(=O)[C@@H]1CCCCCCC(=O)OC. The summed E-state index contributed by atoms with van der Waals surface area (Å²) in [6.45, 7) is 3.95. The van der Waals surface area contributed by atoms with Crippen LogP contribution in [-0.2, 0) is 14.3 Å². The molecule has 0 radical (unpaired) electrons. The molecule has 0 aromatic carbocycles. The van der Waals surface area contributed by atoms with Gasteiger partial charge in [-0.3, -0.25) is 9.59 Å². The van der Waals surface area contributed by atoms with Gasteiger partial charge in [-0.25, -0.2) is 0 Å². The molecule has 0 aromatic heterocycles. The first-order valence-corrected chi connectivity index (χ1v) is 10.5. The molecular weight excluding hydrogens is 344 g/mol. The standard InChI is InChI=1S/C22H38O5/c1-4-5-14-22(2,26)15-10-12-18-17(19(23)16-20(18)24)11-8-6-7-9-13-21(25)27-3/h10,12,17-18,20,24,26H,4-9,11,13-16H2,1-3H3/b12-10+/t17-,18-,20+,22-/m1/s1. The molecule has 1 saturated carbocycles. The number of unbranched alkanes of at least 4 members (excludes halogenated alkanes) is 4. The minimum atomic E-state index is -0.727. The lowest BCUT2D eigenvalue weighted by Gasteiger charge is -2.22. The molecule has 0 aliphatic heterocycles. The lowest BCUT2D eigenvalue weighted by atomic mass is 9.87. The first kappa shape index (κ1) is 23.8. The summed E-state index contributed by atoms with van der Waals surface area (Å²) in [5.41, 5.74) is -0.727. The monoisotopic (exact) mass is 382 g/mol. The van der Waals surface area contributed by atoms with Crippen LogP contribution in [0.25, 0.3) is 0 Å². The van der Waals surface area contributed by atoms with Gasteiger partial charge in [0, 0.05) is 24.7 Å². The maximum atomic E-state index is 12.2. The number of aliphatic hydroxyl groups excluding tert-OH is 1. The van der Waals surface area contributed by atoms with Gasteiger partial charge in [0.1, 0.15) is 5.78 Å². The van der Waals surface area contributed by atoms with Gasteiger partial charge in [0.05, 0.1) is 18.8 Å². The number of hydrogen-bond donors (Lipinski definition) is 2. The highest BCUT2D eigenvalue weighted by molar-refractivity contribution is 5.84. The third-order valence-corrected chi connectivity index (χ3v) is 5.59. The molecule has 0 unspecified atom stereocenters. The molecule has 0 aromatic rings. The molecule has 0 bridgehead atoms. The van der Waals surface area contributed by atoms with E-state index in [-0.39, 0.29) is 30.0 Å². The lowest BCUT2D eigenvalue weighted by Crippen LogP contribution is -2.23. The van der Waals surface area contributed by atoms with Crippen molar-refractivity contribution in [1.82, 2.24) is 0 Å². The predicted molar refractivity (Wildman–Crippen MR) is 106 cm³/mol. The number of methoxy groups -OCH3 is 1. The van der Waals surface area contributed by atoms with Crippen LogP contribution in [0.5, 0.6) is 0 Å². The fraction of sp³-hybridized carbons (Fsp3) is 0.818. The minimum Gasteiger partial charge on any atom is -0.469 e. The summed E-state index contributed by atoms with van der Waals surface area (Å²) in [7, 11) is 1.40. The Labute approximate surface area is 164 Å². The quantitative estimate of drug-likeness (QED) is 0.286. The van der Waals surface area contributed by atoms with E-state index in [1.807, 2.05) is 19.1 Å². The molecule has 156 valence electrons.